The Labute approximate surface area is 158 Å². The molecule has 0 amide bonds. The number of hydrogen-bond acceptors (Lipinski definition) is 1. The number of rotatable bonds is 0. The SMILES string of the molecule is [B]c1c2c3c(cccc3c3cc(Cl)ccc13)Sc1cc(Br)ccc1-2. The summed E-state index contributed by atoms with van der Waals surface area (Å²) < 4.78 is 1.08. The maximum Gasteiger partial charge on any atom is 0.115 e. The molecular weight excluding hydrogens is 398 g/mol. The van der Waals surface area contributed by atoms with E-state index in [0.717, 1.165) is 31.3 Å². The van der Waals surface area contributed by atoms with Crippen LogP contribution in [0.25, 0.3) is 32.7 Å². The third-order valence-electron chi connectivity index (χ3n) is 4.54. The van der Waals surface area contributed by atoms with Crippen molar-refractivity contribution < 1.29 is 0 Å². The zero-order chi connectivity index (χ0) is 16.4. The molecule has 5 rings (SSSR count). The van der Waals surface area contributed by atoms with Crippen molar-refractivity contribution in [1.82, 2.24) is 0 Å². The molecular formula is C20H9BBrClS. The van der Waals surface area contributed by atoms with Crippen LogP contribution < -0.4 is 5.46 Å². The summed E-state index contributed by atoms with van der Waals surface area (Å²) in [7, 11) is 6.64. The fraction of sp³-hybridized carbons (Fsp3) is 0. The molecule has 1 aliphatic heterocycles. The van der Waals surface area contributed by atoms with Crippen molar-refractivity contribution in [1.29, 1.82) is 0 Å². The molecule has 112 valence electrons. The lowest BCUT2D eigenvalue weighted by atomic mass is 9.79. The molecule has 2 radical (unpaired) electrons. The first-order chi connectivity index (χ1) is 11.6. The second-order valence-electron chi connectivity index (χ2n) is 5.90. The van der Waals surface area contributed by atoms with Crippen LogP contribution in [0, 0.1) is 0 Å². The van der Waals surface area contributed by atoms with Crippen molar-refractivity contribution in [3.63, 3.8) is 0 Å². The lowest BCUT2D eigenvalue weighted by molar-refractivity contribution is 1.39. The van der Waals surface area contributed by atoms with E-state index in [-0.39, 0.29) is 0 Å². The quantitative estimate of drug-likeness (QED) is 0.213. The third-order valence-corrected chi connectivity index (χ3v) is 6.39. The highest BCUT2D eigenvalue weighted by atomic mass is 79.9. The Morgan fingerprint density at radius 1 is 0.875 bits per heavy atom. The molecule has 0 aromatic heterocycles. The van der Waals surface area contributed by atoms with Gasteiger partial charge in [-0.15, -0.1) is 0 Å². The van der Waals surface area contributed by atoms with Crippen molar-refractivity contribution in [3.05, 3.63) is 64.1 Å². The van der Waals surface area contributed by atoms with Crippen molar-refractivity contribution in [2.75, 3.05) is 0 Å². The molecule has 4 heteroatoms. The standard InChI is InChI=1S/C20H9BBrClS/c21-20-13-7-5-11(23)9-15(13)12-2-1-3-16-18(12)19(20)14-6-4-10(22)8-17(14)24-16/h1-9H. The molecule has 0 N–H and O–H groups in total. The first-order valence-electron chi connectivity index (χ1n) is 7.54. The van der Waals surface area contributed by atoms with E-state index in [0.29, 0.717) is 0 Å². The van der Waals surface area contributed by atoms with Gasteiger partial charge in [0.2, 0.25) is 0 Å². The van der Waals surface area contributed by atoms with Gasteiger partial charge in [0.15, 0.2) is 0 Å². The molecule has 0 atom stereocenters. The van der Waals surface area contributed by atoms with Gasteiger partial charge in [0, 0.05) is 24.7 Å². The van der Waals surface area contributed by atoms with Crippen LogP contribution in [0.1, 0.15) is 0 Å². The van der Waals surface area contributed by atoms with Crippen LogP contribution in [0.2, 0.25) is 5.02 Å². The van der Waals surface area contributed by atoms with E-state index in [1.807, 2.05) is 18.2 Å². The average molecular weight is 408 g/mol. The molecule has 0 fully saturated rings. The normalized spacial score (nSPS) is 12.6. The van der Waals surface area contributed by atoms with E-state index in [1.54, 1.807) is 11.8 Å². The van der Waals surface area contributed by atoms with Gasteiger partial charge in [0.25, 0.3) is 0 Å². The summed E-state index contributed by atoms with van der Waals surface area (Å²) in [5, 5.41) is 5.33. The topological polar surface area (TPSA) is 0 Å². The highest BCUT2D eigenvalue weighted by Crippen LogP contribution is 2.49. The summed E-state index contributed by atoms with van der Waals surface area (Å²) in [6.07, 6.45) is 0. The lowest BCUT2D eigenvalue weighted by Gasteiger charge is -2.24. The maximum absolute atomic E-state index is 6.64. The van der Waals surface area contributed by atoms with Crippen LogP contribution in [0.5, 0.6) is 0 Å². The summed E-state index contributed by atoms with van der Waals surface area (Å²) in [6.45, 7) is 0. The molecule has 0 bridgehead atoms. The van der Waals surface area contributed by atoms with Crippen LogP contribution in [0.15, 0.2) is 68.9 Å². The van der Waals surface area contributed by atoms with Crippen LogP contribution in [0.3, 0.4) is 0 Å². The van der Waals surface area contributed by atoms with E-state index in [4.69, 9.17) is 19.4 Å². The monoisotopic (exact) mass is 406 g/mol. The highest BCUT2D eigenvalue weighted by molar-refractivity contribution is 9.10. The Morgan fingerprint density at radius 2 is 1.75 bits per heavy atom. The molecule has 0 saturated heterocycles. The van der Waals surface area contributed by atoms with Crippen LogP contribution in [0.4, 0.5) is 0 Å². The zero-order valence-electron chi connectivity index (χ0n) is 12.4. The van der Waals surface area contributed by atoms with Crippen LogP contribution in [-0.4, -0.2) is 7.85 Å². The molecule has 0 aliphatic carbocycles. The van der Waals surface area contributed by atoms with Gasteiger partial charge in [0.1, 0.15) is 7.85 Å². The molecule has 1 heterocycles. The van der Waals surface area contributed by atoms with E-state index in [9.17, 15) is 0 Å². The van der Waals surface area contributed by atoms with Crippen LogP contribution in [-0.2, 0) is 0 Å². The molecule has 0 nitrogen and oxygen atoms in total. The Bertz CT molecular complexity index is 1170. The smallest absolute Gasteiger partial charge is 0.0887 e. The van der Waals surface area contributed by atoms with Gasteiger partial charge in [-0.2, -0.15) is 0 Å². The fourth-order valence-electron chi connectivity index (χ4n) is 3.53. The molecule has 4 aromatic carbocycles. The lowest BCUT2D eigenvalue weighted by Crippen LogP contribution is -2.12. The van der Waals surface area contributed by atoms with Gasteiger partial charge >= 0.3 is 0 Å². The third kappa shape index (κ3) is 2.02. The van der Waals surface area contributed by atoms with Crippen molar-refractivity contribution in [2.45, 2.75) is 9.79 Å². The predicted molar refractivity (Wildman–Crippen MR) is 109 cm³/mol. The number of hydrogen-bond donors (Lipinski definition) is 0. The van der Waals surface area contributed by atoms with E-state index >= 15 is 0 Å². The number of fused-ring (bicyclic) bond motifs is 4. The Kier molecular flexibility index (Phi) is 3.28. The molecule has 0 saturated carbocycles. The minimum absolute atomic E-state index is 0.732. The minimum Gasteiger partial charge on any atom is -0.0887 e. The summed E-state index contributed by atoms with van der Waals surface area (Å²) in [4.78, 5) is 2.46. The summed E-state index contributed by atoms with van der Waals surface area (Å²) in [5.74, 6) is 0. The second kappa shape index (κ2) is 5.29. The predicted octanol–water partition coefficient (Wildman–Crippen LogP) is 6.33. The van der Waals surface area contributed by atoms with E-state index in [2.05, 4.69) is 52.3 Å². The van der Waals surface area contributed by atoms with Gasteiger partial charge in [-0.3, -0.25) is 0 Å². The van der Waals surface area contributed by atoms with E-state index in [1.165, 1.54) is 26.1 Å². The van der Waals surface area contributed by atoms with Crippen molar-refractivity contribution in [3.8, 4) is 11.1 Å². The van der Waals surface area contributed by atoms with E-state index < -0.39 is 0 Å². The van der Waals surface area contributed by atoms with Gasteiger partial charge in [0.05, 0.1) is 0 Å². The minimum atomic E-state index is 0.732. The summed E-state index contributed by atoms with van der Waals surface area (Å²) in [6, 6.07) is 18.7. The molecule has 0 spiro atoms. The fourth-order valence-corrected chi connectivity index (χ4v) is 5.38. The summed E-state index contributed by atoms with van der Waals surface area (Å²) in [5.41, 5.74) is 3.16. The molecule has 1 aliphatic rings. The van der Waals surface area contributed by atoms with Gasteiger partial charge in [-0.1, -0.05) is 69.0 Å². The summed E-state index contributed by atoms with van der Waals surface area (Å²) >= 11 is 11.6. The Balaban J connectivity index is 2.06. The second-order valence-corrected chi connectivity index (χ2v) is 8.34. The van der Waals surface area contributed by atoms with Gasteiger partial charge < -0.3 is 0 Å². The highest BCUT2D eigenvalue weighted by Gasteiger charge is 2.22. The first-order valence-corrected chi connectivity index (χ1v) is 9.53. The zero-order valence-corrected chi connectivity index (χ0v) is 15.6. The number of halogens is 2. The van der Waals surface area contributed by atoms with Crippen molar-refractivity contribution in [2.24, 2.45) is 0 Å². The molecule has 4 aromatic rings. The molecule has 0 unspecified atom stereocenters. The van der Waals surface area contributed by atoms with Crippen molar-refractivity contribution >= 4 is 74.1 Å². The van der Waals surface area contributed by atoms with Gasteiger partial charge in [-0.05, 0) is 57.6 Å². The molecule has 24 heavy (non-hydrogen) atoms. The average Bonchev–Trinajstić information content (AvgIpc) is 2.57. The Morgan fingerprint density at radius 3 is 2.62 bits per heavy atom. The largest absolute Gasteiger partial charge is 0.115 e. The maximum atomic E-state index is 6.64. The Hall–Kier alpha value is -1.42. The number of benzene rings is 4. The van der Waals surface area contributed by atoms with Gasteiger partial charge in [-0.25, -0.2) is 0 Å². The van der Waals surface area contributed by atoms with Crippen LogP contribution >= 0.6 is 39.3 Å². The first kappa shape index (κ1) is 14.9.